The first-order valence-electron chi connectivity index (χ1n) is 11.7. The predicted octanol–water partition coefficient (Wildman–Crippen LogP) is 6.32. The lowest BCUT2D eigenvalue weighted by atomic mass is 10.1. The number of nitrogens with zero attached hydrogens (tertiary/aromatic N) is 2. The largest absolute Gasteiger partial charge is 0.372 e. The Morgan fingerprint density at radius 3 is 2.35 bits per heavy atom. The highest BCUT2D eigenvalue weighted by Gasteiger charge is 2.12. The van der Waals surface area contributed by atoms with Crippen LogP contribution in [0.5, 0.6) is 0 Å². The zero-order chi connectivity index (χ0) is 23.3. The topological polar surface area (TPSA) is 61.0 Å². The molecule has 0 saturated carbocycles. The van der Waals surface area contributed by atoms with Gasteiger partial charge in [0.25, 0.3) is 5.91 Å². The van der Waals surface area contributed by atoms with Crippen molar-refractivity contribution in [2.75, 3.05) is 18.0 Å². The zero-order valence-electron chi connectivity index (χ0n) is 18.9. The van der Waals surface area contributed by atoms with Crippen molar-refractivity contribution in [1.29, 1.82) is 0 Å². The number of carbonyl (C=O) groups excluding carboxylic acids is 1. The summed E-state index contributed by atoms with van der Waals surface area (Å²) in [6, 6.07) is 25.7. The van der Waals surface area contributed by atoms with Gasteiger partial charge in [-0.1, -0.05) is 54.1 Å². The van der Waals surface area contributed by atoms with Crippen LogP contribution in [-0.2, 0) is 6.54 Å². The summed E-state index contributed by atoms with van der Waals surface area (Å²) in [5.41, 5.74) is 6.65. The van der Waals surface area contributed by atoms with Gasteiger partial charge >= 0.3 is 0 Å². The van der Waals surface area contributed by atoms with E-state index in [9.17, 15) is 4.79 Å². The second kappa shape index (κ2) is 10.1. The van der Waals surface area contributed by atoms with Gasteiger partial charge in [0.2, 0.25) is 0 Å². The number of rotatable bonds is 6. The molecule has 2 N–H and O–H groups in total. The Balaban J connectivity index is 1.23. The molecule has 1 aliphatic rings. The van der Waals surface area contributed by atoms with E-state index in [1.54, 1.807) is 0 Å². The summed E-state index contributed by atoms with van der Waals surface area (Å²) in [7, 11) is 0. The van der Waals surface area contributed by atoms with E-state index < -0.39 is 0 Å². The highest BCUT2D eigenvalue weighted by molar-refractivity contribution is 6.31. The summed E-state index contributed by atoms with van der Waals surface area (Å²) in [6.07, 6.45) is 3.87. The van der Waals surface area contributed by atoms with Crippen molar-refractivity contribution in [2.45, 2.75) is 25.8 Å². The van der Waals surface area contributed by atoms with Gasteiger partial charge in [0.15, 0.2) is 0 Å². The Kier molecular flexibility index (Phi) is 6.63. The van der Waals surface area contributed by atoms with Gasteiger partial charge in [-0.25, -0.2) is 0 Å². The molecule has 1 fully saturated rings. The van der Waals surface area contributed by atoms with Crippen LogP contribution in [-0.4, -0.2) is 29.2 Å². The van der Waals surface area contributed by atoms with E-state index in [4.69, 9.17) is 11.6 Å². The summed E-state index contributed by atoms with van der Waals surface area (Å²) in [5, 5.41) is 11.2. The van der Waals surface area contributed by atoms with Crippen molar-refractivity contribution in [2.24, 2.45) is 0 Å². The molecule has 3 aromatic carbocycles. The molecule has 0 bridgehead atoms. The lowest BCUT2D eigenvalue weighted by Crippen LogP contribution is -2.29. The molecule has 0 atom stereocenters. The minimum atomic E-state index is -0.134. The molecule has 4 aromatic rings. The zero-order valence-corrected chi connectivity index (χ0v) is 19.7. The normalized spacial score (nSPS) is 13.6. The highest BCUT2D eigenvalue weighted by atomic mass is 35.5. The first-order chi connectivity index (χ1) is 16.7. The average Bonchev–Trinajstić information content (AvgIpc) is 3.39. The van der Waals surface area contributed by atoms with Crippen LogP contribution in [0.2, 0.25) is 5.02 Å². The lowest BCUT2D eigenvalue weighted by molar-refractivity contribution is 0.0951. The van der Waals surface area contributed by atoms with Gasteiger partial charge in [0.1, 0.15) is 0 Å². The van der Waals surface area contributed by atoms with Gasteiger partial charge < -0.3 is 10.2 Å². The van der Waals surface area contributed by atoms with Crippen LogP contribution in [0.3, 0.4) is 0 Å². The minimum absolute atomic E-state index is 0.134. The maximum absolute atomic E-state index is 12.5. The molecule has 0 unspecified atom stereocenters. The molecular weight excluding hydrogens is 444 g/mol. The third-order valence-corrected chi connectivity index (χ3v) is 6.69. The van der Waals surface area contributed by atoms with Gasteiger partial charge in [-0.3, -0.25) is 9.89 Å². The minimum Gasteiger partial charge on any atom is -0.372 e. The van der Waals surface area contributed by atoms with Gasteiger partial charge in [0, 0.05) is 41.5 Å². The van der Waals surface area contributed by atoms with Crippen LogP contribution in [0.25, 0.3) is 22.5 Å². The standard InChI is InChI=1S/C28H27ClN4O/c29-25-7-3-2-6-23(25)19-30-28(34)22-10-8-20(9-11-22)26-18-27(32-31-26)21-12-14-24(15-13-21)33-16-4-1-5-17-33/h2-3,6-15,18H,1,4-5,16-17,19H2,(H,30,34)(H,31,32). The summed E-state index contributed by atoms with van der Waals surface area (Å²) in [6.45, 7) is 2.67. The van der Waals surface area contributed by atoms with E-state index in [-0.39, 0.29) is 5.91 Å². The van der Waals surface area contributed by atoms with Gasteiger partial charge in [-0.2, -0.15) is 5.10 Å². The first-order valence-corrected chi connectivity index (χ1v) is 12.1. The molecule has 5 rings (SSSR count). The first kappa shape index (κ1) is 22.2. The number of H-pyrrole nitrogens is 1. The molecule has 1 saturated heterocycles. The monoisotopic (exact) mass is 470 g/mol. The number of nitrogens with one attached hydrogen (secondary N) is 2. The van der Waals surface area contributed by atoms with E-state index in [1.807, 2.05) is 54.6 Å². The maximum atomic E-state index is 12.5. The molecule has 0 aliphatic carbocycles. The third kappa shape index (κ3) is 5.00. The summed E-state index contributed by atoms with van der Waals surface area (Å²) in [4.78, 5) is 15.0. The third-order valence-electron chi connectivity index (χ3n) is 6.32. The second-order valence-electron chi connectivity index (χ2n) is 8.61. The number of benzene rings is 3. The fourth-order valence-electron chi connectivity index (χ4n) is 4.33. The van der Waals surface area contributed by atoms with Crippen molar-refractivity contribution in [3.8, 4) is 22.5 Å². The molecule has 1 aromatic heterocycles. The number of halogens is 1. The Bertz CT molecular complexity index is 1260. The van der Waals surface area contributed by atoms with Crippen LogP contribution < -0.4 is 10.2 Å². The van der Waals surface area contributed by atoms with Crippen molar-refractivity contribution in [3.05, 3.63) is 95.0 Å². The summed E-state index contributed by atoms with van der Waals surface area (Å²) in [5.74, 6) is -0.134. The summed E-state index contributed by atoms with van der Waals surface area (Å²) >= 11 is 6.17. The van der Waals surface area contributed by atoms with Gasteiger partial charge in [0.05, 0.1) is 11.4 Å². The van der Waals surface area contributed by atoms with Gasteiger partial charge in [-0.05, 0) is 66.8 Å². The van der Waals surface area contributed by atoms with Crippen molar-refractivity contribution >= 4 is 23.2 Å². The van der Waals surface area contributed by atoms with Crippen molar-refractivity contribution in [3.63, 3.8) is 0 Å². The predicted molar refractivity (Wildman–Crippen MR) is 138 cm³/mol. The molecule has 0 radical (unpaired) electrons. The van der Waals surface area contributed by atoms with Crippen molar-refractivity contribution < 1.29 is 4.79 Å². The molecule has 34 heavy (non-hydrogen) atoms. The quantitative estimate of drug-likeness (QED) is 0.346. The number of anilines is 1. The summed E-state index contributed by atoms with van der Waals surface area (Å²) < 4.78 is 0. The highest BCUT2D eigenvalue weighted by Crippen LogP contribution is 2.27. The molecule has 5 nitrogen and oxygen atoms in total. The van der Waals surface area contributed by atoms with Crippen LogP contribution in [0.1, 0.15) is 35.2 Å². The Morgan fingerprint density at radius 2 is 1.62 bits per heavy atom. The van der Waals surface area contributed by atoms with E-state index in [1.165, 1.54) is 24.9 Å². The van der Waals surface area contributed by atoms with Crippen LogP contribution >= 0.6 is 11.6 Å². The van der Waals surface area contributed by atoms with Crippen LogP contribution in [0, 0.1) is 0 Å². The molecule has 1 amide bonds. The Morgan fingerprint density at radius 1 is 0.912 bits per heavy atom. The van der Waals surface area contributed by atoms with E-state index in [0.29, 0.717) is 17.1 Å². The number of aromatic amines is 1. The Labute approximate surface area is 204 Å². The molecule has 2 heterocycles. The number of carbonyl (C=O) groups is 1. The SMILES string of the molecule is O=C(NCc1ccccc1Cl)c1ccc(-c2cc(-c3ccc(N4CCCCC4)cc3)n[nH]2)cc1. The molecule has 6 heteroatoms. The van der Waals surface area contributed by atoms with E-state index in [0.717, 1.165) is 41.2 Å². The lowest BCUT2D eigenvalue weighted by Gasteiger charge is -2.28. The van der Waals surface area contributed by atoms with E-state index >= 15 is 0 Å². The number of aromatic nitrogens is 2. The van der Waals surface area contributed by atoms with Crippen molar-refractivity contribution in [1.82, 2.24) is 15.5 Å². The number of amides is 1. The number of hydrogen-bond acceptors (Lipinski definition) is 3. The smallest absolute Gasteiger partial charge is 0.251 e. The van der Waals surface area contributed by atoms with Crippen LogP contribution in [0.4, 0.5) is 5.69 Å². The number of piperidine rings is 1. The number of hydrogen-bond donors (Lipinski definition) is 2. The molecular formula is C28H27ClN4O. The fraction of sp³-hybridized carbons (Fsp3) is 0.214. The maximum Gasteiger partial charge on any atom is 0.251 e. The van der Waals surface area contributed by atoms with E-state index in [2.05, 4.69) is 44.7 Å². The average molecular weight is 471 g/mol. The molecule has 172 valence electrons. The Hall–Kier alpha value is -3.57. The molecule has 1 aliphatic heterocycles. The van der Waals surface area contributed by atoms with Gasteiger partial charge in [-0.15, -0.1) is 0 Å². The molecule has 0 spiro atoms. The fourth-order valence-corrected chi connectivity index (χ4v) is 4.54. The second-order valence-corrected chi connectivity index (χ2v) is 9.02. The van der Waals surface area contributed by atoms with Crippen LogP contribution in [0.15, 0.2) is 78.9 Å².